The van der Waals surface area contributed by atoms with Gasteiger partial charge >= 0.3 is 6.09 Å². The summed E-state index contributed by atoms with van der Waals surface area (Å²) < 4.78 is 11.1. The Hall–Kier alpha value is -2.60. The first-order valence-electron chi connectivity index (χ1n) is 10.1. The number of ether oxygens (including phenoxy) is 2. The number of nitrogens with zero attached hydrogens (tertiary/aromatic N) is 3. The van der Waals surface area contributed by atoms with Gasteiger partial charge in [-0.3, -0.25) is 0 Å². The fraction of sp³-hybridized carbons (Fsp3) is 0.455. The molecule has 6 heteroatoms. The number of morpholine rings is 1. The molecule has 0 aliphatic carbocycles. The number of rotatable bonds is 4. The van der Waals surface area contributed by atoms with Gasteiger partial charge in [0, 0.05) is 31.4 Å². The number of hydrogen-bond acceptors (Lipinski definition) is 5. The lowest BCUT2D eigenvalue weighted by Gasteiger charge is -2.38. The van der Waals surface area contributed by atoms with Crippen LogP contribution in [0.5, 0.6) is 0 Å². The Morgan fingerprint density at radius 1 is 1.07 bits per heavy atom. The number of pyridine rings is 1. The third kappa shape index (κ3) is 4.28. The molecule has 0 radical (unpaired) electrons. The fourth-order valence-electron chi connectivity index (χ4n) is 3.98. The third-order valence-corrected chi connectivity index (χ3v) is 5.43. The lowest BCUT2D eigenvalue weighted by molar-refractivity contribution is 0.0677. The van der Waals surface area contributed by atoms with Crippen molar-refractivity contribution in [2.45, 2.75) is 31.9 Å². The highest BCUT2D eigenvalue weighted by Gasteiger charge is 2.32. The summed E-state index contributed by atoms with van der Waals surface area (Å²) in [6, 6.07) is 13.9. The summed E-state index contributed by atoms with van der Waals surface area (Å²) in [6.07, 6.45) is 4.62. The van der Waals surface area contributed by atoms with Crippen LogP contribution >= 0.6 is 0 Å². The van der Waals surface area contributed by atoms with Crippen LogP contribution in [0.25, 0.3) is 0 Å². The summed E-state index contributed by atoms with van der Waals surface area (Å²) in [7, 11) is 0. The minimum Gasteiger partial charge on any atom is -0.445 e. The van der Waals surface area contributed by atoms with Crippen LogP contribution in [0.2, 0.25) is 0 Å². The summed E-state index contributed by atoms with van der Waals surface area (Å²) in [5.74, 6) is 0.971. The molecule has 0 saturated carbocycles. The van der Waals surface area contributed by atoms with Crippen LogP contribution in [-0.2, 0) is 16.1 Å². The second kappa shape index (κ2) is 9.06. The average molecular weight is 381 g/mol. The Bertz CT molecular complexity index is 778. The molecule has 2 saturated heterocycles. The molecule has 0 spiro atoms. The Morgan fingerprint density at radius 2 is 1.89 bits per heavy atom. The van der Waals surface area contributed by atoms with Crippen molar-refractivity contribution in [1.29, 1.82) is 0 Å². The number of benzene rings is 1. The van der Waals surface area contributed by atoms with Crippen molar-refractivity contribution in [3.05, 3.63) is 59.8 Å². The van der Waals surface area contributed by atoms with Crippen molar-refractivity contribution in [2.75, 3.05) is 37.7 Å². The number of likely N-dealkylation sites (tertiary alicyclic amines) is 1. The Labute approximate surface area is 166 Å². The molecule has 0 N–H and O–H groups in total. The van der Waals surface area contributed by atoms with Gasteiger partial charge in [-0.15, -0.1) is 0 Å². The summed E-state index contributed by atoms with van der Waals surface area (Å²) in [5.41, 5.74) is 2.11. The number of aromatic nitrogens is 1. The fourth-order valence-corrected chi connectivity index (χ4v) is 3.98. The zero-order valence-corrected chi connectivity index (χ0v) is 16.1. The van der Waals surface area contributed by atoms with Crippen molar-refractivity contribution in [2.24, 2.45) is 0 Å². The largest absolute Gasteiger partial charge is 0.445 e. The van der Waals surface area contributed by atoms with E-state index in [-0.39, 0.29) is 12.1 Å². The van der Waals surface area contributed by atoms with Crippen LogP contribution in [0.3, 0.4) is 0 Å². The van der Waals surface area contributed by atoms with E-state index in [9.17, 15) is 4.79 Å². The average Bonchev–Trinajstić information content (AvgIpc) is 2.79. The second-order valence-electron chi connectivity index (χ2n) is 7.26. The zero-order valence-electron chi connectivity index (χ0n) is 16.1. The molecule has 6 nitrogen and oxygen atoms in total. The van der Waals surface area contributed by atoms with E-state index in [1.165, 1.54) is 0 Å². The van der Waals surface area contributed by atoms with Gasteiger partial charge in [0.1, 0.15) is 12.4 Å². The van der Waals surface area contributed by atoms with E-state index >= 15 is 0 Å². The predicted molar refractivity (Wildman–Crippen MR) is 107 cm³/mol. The van der Waals surface area contributed by atoms with Gasteiger partial charge in [-0.25, -0.2) is 9.78 Å². The van der Waals surface area contributed by atoms with Gasteiger partial charge in [0.15, 0.2) is 0 Å². The van der Waals surface area contributed by atoms with Gasteiger partial charge < -0.3 is 19.3 Å². The van der Waals surface area contributed by atoms with Crippen LogP contribution < -0.4 is 4.90 Å². The van der Waals surface area contributed by atoms with Gasteiger partial charge in [0.05, 0.1) is 19.3 Å². The highest BCUT2D eigenvalue weighted by molar-refractivity contribution is 5.69. The summed E-state index contributed by atoms with van der Waals surface area (Å²) in [4.78, 5) is 21.7. The number of piperidine rings is 1. The minimum absolute atomic E-state index is 0.00330. The van der Waals surface area contributed by atoms with E-state index in [2.05, 4.69) is 16.0 Å². The zero-order chi connectivity index (χ0) is 19.2. The van der Waals surface area contributed by atoms with Gasteiger partial charge in [-0.05, 0) is 30.9 Å². The van der Waals surface area contributed by atoms with Crippen molar-refractivity contribution in [3.63, 3.8) is 0 Å². The van der Waals surface area contributed by atoms with E-state index in [0.717, 1.165) is 55.8 Å². The number of hydrogen-bond donors (Lipinski definition) is 0. The molecule has 0 bridgehead atoms. The number of amides is 1. The molecular formula is C22H27N3O3. The molecule has 2 fully saturated rings. The second-order valence-corrected chi connectivity index (χ2v) is 7.26. The predicted octanol–water partition coefficient (Wildman–Crippen LogP) is 3.78. The lowest BCUT2D eigenvalue weighted by atomic mass is 9.95. The maximum Gasteiger partial charge on any atom is 0.410 e. The molecule has 1 aromatic heterocycles. The molecular weight excluding hydrogens is 354 g/mol. The van der Waals surface area contributed by atoms with Crippen LogP contribution in [0.1, 0.15) is 36.4 Å². The van der Waals surface area contributed by atoms with Crippen molar-refractivity contribution >= 4 is 11.9 Å². The molecule has 4 rings (SSSR count). The highest BCUT2D eigenvalue weighted by atomic mass is 16.6. The molecule has 1 atom stereocenters. The van der Waals surface area contributed by atoms with Gasteiger partial charge in [-0.1, -0.05) is 36.4 Å². The van der Waals surface area contributed by atoms with Gasteiger partial charge in [0.25, 0.3) is 0 Å². The van der Waals surface area contributed by atoms with Gasteiger partial charge in [-0.2, -0.15) is 0 Å². The number of carbonyl (C=O) groups excluding carboxylic acids is 1. The molecule has 2 aliphatic heterocycles. The topological polar surface area (TPSA) is 54.9 Å². The lowest BCUT2D eigenvalue weighted by Crippen LogP contribution is -2.41. The first-order valence-corrected chi connectivity index (χ1v) is 10.1. The SMILES string of the molecule is O=C(OCc1ccccc1)N1CCCCC1c1cccnc1N1CCOCC1. The number of anilines is 1. The smallest absolute Gasteiger partial charge is 0.410 e. The molecule has 28 heavy (non-hydrogen) atoms. The highest BCUT2D eigenvalue weighted by Crippen LogP contribution is 2.36. The first kappa shape index (κ1) is 18.7. The van der Waals surface area contributed by atoms with Crippen molar-refractivity contribution in [1.82, 2.24) is 9.88 Å². The van der Waals surface area contributed by atoms with Crippen LogP contribution in [0, 0.1) is 0 Å². The van der Waals surface area contributed by atoms with Crippen LogP contribution in [0.4, 0.5) is 10.6 Å². The molecule has 2 aromatic rings. The van der Waals surface area contributed by atoms with Crippen molar-refractivity contribution in [3.8, 4) is 0 Å². The summed E-state index contributed by atoms with van der Waals surface area (Å²) >= 11 is 0. The Balaban J connectivity index is 1.51. The van der Waals surface area contributed by atoms with Crippen molar-refractivity contribution < 1.29 is 14.3 Å². The molecule has 1 unspecified atom stereocenters. The standard InChI is InChI=1S/C22H27N3O3/c26-22(28-17-18-7-2-1-3-8-18)25-12-5-4-10-20(25)19-9-6-11-23-21(19)24-13-15-27-16-14-24/h1-3,6-9,11,20H,4-5,10,12-17H2. The maximum absolute atomic E-state index is 12.9. The van der Waals surface area contributed by atoms with E-state index in [1.54, 1.807) is 0 Å². The van der Waals surface area contributed by atoms with Crippen LogP contribution in [0.15, 0.2) is 48.7 Å². The minimum atomic E-state index is -0.245. The number of carbonyl (C=O) groups is 1. The summed E-state index contributed by atoms with van der Waals surface area (Å²) in [6.45, 7) is 4.10. The normalized spacial score (nSPS) is 20.1. The molecule has 1 aromatic carbocycles. The molecule has 1 amide bonds. The first-order chi connectivity index (χ1) is 13.8. The monoisotopic (exact) mass is 381 g/mol. The molecule has 3 heterocycles. The van der Waals surface area contributed by atoms with Gasteiger partial charge in [0.2, 0.25) is 0 Å². The van der Waals surface area contributed by atoms with E-state index in [1.807, 2.05) is 47.5 Å². The van der Waals surface area contributed by atoms with Crippen LogP contribution in [-0.4, -0.2) is 48.8 Å². The van der Waals surface area contributed by atoms with E-state index in [0.29, 0.717) is 19.8 Å². The van der Waals surface area contributed by atoms with E-state index < -0.39 is 0 Å². The third-order valence-electron chi connectivity index (χ3n) is 5.43. The quantitative estimate of drug-likeness (QED) is 0.807. The molecule has 148 valence electrons. The molecule has 2 aliphatic rings. The summed E-state index contributed by atoms with van der Waals surface area (Å²) in [5, 5.41) is 0. The van der Waals surface area contributed by atoms with E-state index in [4.69, 9.17) is 9.47 Å². The maximum atomic E-state index is 12.9. The Kier molecular flexibility index (Phi) is 6.07. The Morgan fingerprint density at radius 3 is 2.71 bits per heavy atom.